The molecule has 0 aliphatic heterocycles. The second-order valence-electron chi connectivity index (χ2n) is 4.50. The van der Waals surface area contributed by atoms with Crippen LogP contribution in [0.4, 0.5) is 5.69 Å². The van der Waals surface area contributed by atoms with Crippen molar-refractivity contribution in [3.05, 3.63) is 65.2 Å². The molecule has 0 aliphatic rings. The van der Waals surface area contributed by atoms with Gasteiger partial charge < -0.3 is 10.4 Å². The maximum absolute atomic E-state index is 10.1. The standard InChI is InChI=1S/C16H16N2O/c1-12-3-2-4-15(9-12)18-11-16(19)14-7-5-13(10-17)6-8-14/h2-9,16,18-19H,11H2,1H3. The number of nitrogens with one attached hydrogen (secondary N) is 1. The van der Waals surface area contributed by atoms with Gasteiger partial charge in [0.1, 0.15) is 0 Å². The van der Waals surface area contributed by atoms with Crippen molar-refractivity contribution in [1.82, 2.24) is 0 Å². The first-order valence-corrected chi connectivity index (χ1v) is 6.18. The summed E-state index contributed by atoms with van der Waals surface area (Å²) in [5.74, 6) is 0. The van der Waals surface area contributed by atoms with Gasteiger partial charge in [-0.15, -0.1) is 0 Å². The third-order valence-corrected chi connectivity index (χ3v) is 2.94. The summed E-state index contributed by atoms with van der Waals surface area (Å²) in [4.78, 5) is 0. The number of anilines is 1. The molecule has 0 saturated heterocycles. The van der Waals surface area contributed by atoms with Crippen molar-refractivity contribution in [2.45, 2.75) is 13.0 Å². The maximum atomic E-state index is 10.1. The quantitative estimate of drug-likeness (QED) is 0.879. The Hall–Kier alpha value is -2.31. The Morgan fingerprint density at radius 1 is 1.21 bits per heavy atom. The summed E-state index contributed by atoms with van der Waals surface area (Å²) in [7, 11) is 0. The third kappa shape index (κ3) is 3.57. The molecule has 3 nitrogen and oxygen atoms in total. The molecule has 2 N–H and O–H groups in total. The molecule has 0 amide bonds. The molecule has 1 unspecified atom stereocenters. The topological polar surface area (TPSA) is 56.0 Å². The van der Waals surface area contributed by atoms with Gasteiger partial charge in [0.2, 0.25) is 0 Å². The second kappa shape index (κ2) is 6.03. The van der Waals surface area contributed by atoms with E-state index < -0.39 is 6.10 Å². The predicted octanol–water partition coefficient (Wildman–Crippen LogP) is 3.01. The Kier molecular flexibility index (Phi) is 4.17. The monoisotopic (exact) mass is 252 g/mol. The Bertz CT molecular complexity index is 584. The zero-order valence-corrected chi connectivity index (χ0v) is 10.8. The van der Waals surface area contributed by atoms with Crippen LogP contribution in [0, 0.1) is 18.3 Å². The highest BCUT2D eigenvalue weighted by Gasteiger charge is 2.07. The fourth-order valence-corrected chi connectivity index (χ4v) is 1.87. The second-order valence-corrected chi connectivity index (χ2v) is 4.50. The van der Waals surface area contributed by atoms with E-state index in [2.05, 4.69) is 11.4 Å². The van der Waals surface area contributed by atoms with E-state index in [0.717, 1.165) is 11.3 Å². The van der Waals surface area contributed by atoms with E-state index in [1.165, 1.54) is 5.56 Å². The lowest BCUT2D eigenvalue weighted by Crippen LogP contribution is -2.12. The number of aliphatic hydroxyl groups excluding tert-OH is 1. The molecule has 0 fully saturated rings. The summed E-state index contributed by atoms with van der Waals surface area (Å²) in [5.41, 5.74) is 3.58. The molecule has 96 valence electrons. The van der Waals surface area contributed by atoms with Crippen molar-refractivity contribution < 1.29 is 5.11 Å². The van der Waals surface area contributed by atoms with Crippen LogP contribution in [0.25, 0.3) is 0 Å². The number of nitriles is 1. The molecule has 0 spiro atoms. The first kappa shape index (κ1) is 13.1. The van der Waals surface area contributed by atoms with Crippen LogP contribution in [0.1, 0.15) is 22.8 Å². The van der Waals surface area contributed by atoms with Gasteiger partial charge in [-0.3, -0.25) is 0 Å². The van der Waals surface area contributed by atoms with E-state index in [-0.39, 0.29) is 0 Å². The van der Waals surface area contributed by atoms with Crippen LogP contribution in [0.5, 0.6) is 0 Å². The van der Waals surface area contributed by atoms with Gasteiger partial charge in [-0.05, 0) is 42.3 Å². The number of benzene rings is 2. The SMILES string of the molecule is Cc1cccc(NCC(O)c2ccc(C#N)cc2)c1. The van der Waals surface area contributed by atoms with Gasteiger partial charge in [0.15, 0.2) is 0 Å². The molecule has 0 saturated carbocycles. The summed E-state index contributed by atoms with van der Waals surface area (Å²) >= 11 is 0. The molecular formula is C16H16N2O. The largest absolute Gasteiger partial charge is 0.387 e. The molecule has 19 heavy (non-hydrogen) atoms. The van der Waals surface area contributed by atoms with Crippen molar-refractivity contribution in [2.24, 2.45) is 0 Å². The molecule has 1 atom stereocenters. The minimum Gasteiger partial charge on any atom is -0.387 e. The number of nitrogens with zero attached hydrogens (tertiary/aromatic N) is 1. The molecule has 0 aromatic heterocycles. The number of rotatable bonds is 4. The van der Waals surface area contributed by atoms with Crippen molar-refractivity contribution >= 4 is 5.69 Å². The fraction of sp³-hybridized carbons (Fsp3) is 0.188. The third-order valence-electron chi connectivity index (χ3n) is 2.94. The molecule has 0 bridgehead atoms. The lowest BCUT2D eigenvalue weighted by atomic mass is 10.1. The molecule has 3 heteroatoms. The van der Waals surface area contributed by atoms with Crippen LogP contribution < -0.4 is 5.32 Å². The Balaban J connectivity index is 1.97. The van der Waals surface area contributed by atoms with Gasteiger partial charge >= 0.3 is 0 Å². The summed E-state index contributed by atoms with van der Waals surface area (Å²) in [6.07, 6.45) is -0.590. The first-order chi connectivity index (χ1) is 9.19. The van der Waals surface area contributed by atoms with Crippen molar-refractivity contribution in [3.63, 3.8) is 0 Å². The van der Waals surface area contributed by atoms with Gasteiger partial charge in [-0.1, -0.05) is 24.3 Å². The molecular weight excluding hydrogens is 236 g/mol. The zero-order chi connectivity index (χ0) is 13.7. The normalized spacial score (nSPS) is 11.6. The highest BCUT2D eigenvalue weighted by Crippen LogP contribution is 2.16. The Morgan fingerprint density at radius 2 is 1.95 bits per heavy atom. The maximum Gasteiger partial charge on any atom is 0.0991 e. The van der Waals surface area contributed by atoms with Crippen LogP contribution >= 0.6 is 0 Å². The summed E-state index contributed by atoms with van der Waals surface area (Å²) in [6, 6.07) is 17.1. The van der Waals surface area contributed by atoms with Gasteiger partial charge in [0.05, 0.1) is 17.7 Å². The average Bonchev–Trinajstić information content (AvgIpc) is 2.45. The average molecular weight is 252 g/mol. The highest BCUT2D eigenvalue weighted by molar-refractivity contribution is 5.45. The first-order valence-electron chi connectivity index (χ1n) is 6.18. The number of hydrogen-bond acceptors (Lipinski definition) is 3. The van der Waals surface area contributed by atoms with Crippen LogP contribution in [-0.4, -0.2) is 11.7 Å². The van der Waals surface area contributed by atoms with E-state index >= 15 is 0 Å². The highest BCUT2D eigenvalue weighted by atomic mass is 16.3. The zero-order valence-electron chi connectivity index (χ0n) is 10.8. The minimum absolute atomic E-state index is 0.440. The lowest BCUT2D eigenvalue weighted by molar-refractivity contribution is 0.191. The van der Waals surface area contributed by atoms with Crippen molar-refractivity contribution in [1.29, 1.82) is 5.26 Å². The number of aryl methyl sites for hydroxylation is 1. The smallest absolute Gasteiger partial charge is 0.0991 e. The van der Waals surface area contributed by atoms with Crippen LogP contribution in [-0.2, 0) is 0 Å². The van der Waals surface area contributed by atoms with E-state index in [9.17, 15) is 5.11 Å². The lowest BCUT2D eigenvalue weighted by Gasteiger charge is -2.13. The van der Waals surface area contributed by atoms with E-state index in [4.69, 9.17) is 5.26 Å². The predicted molar refractivity (Wildman–Crippen MR) is 75.8 cm³/mol. The van der Waals surface area contributed by atoms with Crippen LogP contribution in [0.2, 0.25) is 0 Å². The summed E-state index contributed by atoms with van der Waals surface area (Å²) in [6.45, 7) is 2.47. The molecule has 2 aromatic rings. The molecule has 2 aromatic carbocycles. The van der Waals surface area contributed by atoms with Gasteiger partial charge in [0.25, 0.3) is 0 Å². The van der Waals surface area contributed by atoms with Crippen LogP contribution in [0.3, 0.4) is 0 Å². The van der Waals surface area contributed by atoms with E-state index in [1.54, 1.807) is 24.3 Å². The van der Waals surface area contributed by atoms with Crippen molar-refractivity contribution in [3.8, 4) is 6.07 Å². The number of aliphatic hydroxyl groups is 1. The Labute approximate surface area is 113 Å². The van der Waals surface area contributed by atoms with Gasteiger partial charge in [-0.2, -0.15) is 5.26 Å². The Morgan fingerprint density at radius 3 is 2.58 bits per heavy atom. The van der Waals surface area contributed by atoms with Gasteiger partial charge in [0, 0.05) is 12.2 Å². The molecule has 0 aliphatic carbocycles. The van der Waals surface area contributed by atoms with E-state index in [1.807, 2.05) is 31.2 Å². The van der Waals surface area contributed by atoms with Crippen LogP contribution in [0.15, 0.2) is 48.5 Å². The fourth-order valence-electron chi connectivity index (χ4n) is 1.87. The van der Waals surface area contributed by atoms with E-state index in [0.29, 0.717) is 12.1 Å². The number of hydrogen-bond donors (Lipinski definition) is 2. The molecule has 0 heterocycles. The van der Waals surface area contributed by atoms with Crippen molar-refractivity contribution in [2.75, 3.05) is 11.9 Å². The molecule has 0 radical (unpaired) electrons. The summed E-state index contributed by atoms with van der Waals surface area (Å²) in [5, 5.41) is 22.0. The molecule has 2 rings (SSSR count). The minimum atomic E-state index is -0.590. The van der Waals surface area contributed by atoms with Gasteiger partial charge in [-0.25, -0.2) is 0 Å². The summed E-state index contributed by atoms with van der Waals surface area (Å²) < 4.78 is 0.